The van der Waals surface area contributed by atoms with Crippen molar-refractivity contribution in [3.63, 3.8) is 0 Å². The number of carbonyl (C=O) groups is 2. The van der Waals surface area contributed by atoms with Gasteiger partial charge in [0.2, 0.25) is 11.8 Å². The Morgan fingerprint density at radius 2 is 1.87 bits per heavy atom. The van der Waals surface area contributed by atoms with Crippen molar-refractivity contribution in [2.45, 2.75) is 0 Å². The lowest BCUT2D eigenvalue weighted by Gasteiger charge is -2.04. The number of ether oxygens (including phenoxy) is 1. The lowest BCUT2D eigenvalue weighted by Crippen LogP contribution is -2.11. The van der Waals surface area contributed by atoms with E-state index in [0.29, 0.717) is 11.3 Å². The molecule has 0 bridgehead atoms. The molecule has 0 aliphatic rings. The van der Waals surface area contributed by atoms with Gasteiger partial charge in [0.1, 0.15) is 5.75 Å². The molecule has 0 unspecified atom stereocenters. The summed E-state index contributed by atoms with van der Waals surface area (Å²) in [5.74, 6) is -0.0576. The molecule has 0 saturated carbocycles. The fraction of sp³-hybridized carbons (Fsp3) is 0.0588. The summed E-state index contributed by atoms with van der Waals surface area (Å²) in [6, 6.07) is 11.9. The van der Waals surface area contributed by atoms with Gasteiger partial charge in [0.15, 0.2) is 0 Å². The molecule has 0 atom stereocenters. The van der Waals surface area contributed by atoms with Gasteiger partial charge in [0, 0.05) is 17.3 Å². The molecule has 118 valence electrons. The highest BCUT2D eigenvalue weighted by molar-refractivity contribution is 9.10. The zero-order valence-electron chi connectivity index (χ0n) is 12.4. The highest BCUT2D eigenvalue weighted by Gasteiger charge is 2.02. The van der Waals surface area contributed by atoms with E-state index in [4.69, 9.17) is 10.5 Å². The maximum Gasteiger partial charge on any atom is 0.248 e. The van der Waals surface area contributed by atoms with Crippen LogP contribution >= 0.6 is 15.9 Å². The maximum absolute atomic E-state index is 11.9. The molecule has 2 aromatic carbocycles. The first-order valence-electron chi connectivity index (χ1n) is 6.72. The third kappa shape index (κ3) is 4.69. The predicted octanol–water partition coefficient (Wildman–Crippen LogP) is 3.21. The Bertz CT molecular complexity index is 755. The van der Waals surface area contributed by atoms with Crippen LogP contribution in [0.15, 0.2) is 53.0 Å². The van der Waals surface area contributed by atoms with E-state index in [9.17, 15) is 9.59 Å². The van der Waals surface area contributed by atoms with Gasteiger partial charge in [0.05, 0.1) is 11.6 Å². The van der Waals surface area contributed by atoms with Crippen LogP contribution in [0.25, 0.3) is 6.08 Å². The van der Waals surface area contributed by atoms with Crippen molar-refractivity contribution in [1.82, 2.24) is 0 Å². The van der Waals surface area contributed by atoms with Gasteiger partial charge in [-0.2, -0.15) is 0 Å². The summed E-state index contributed by atoms with van der Waals surface area (Å²) in [5, 5.41) is 2.70. The van der Waals surface area contributed by atoms with Crippen molar-refractivity contribution in [2.75, 3.05) is 12.4 Å². The molecular formula is C17H15BrN2O3. The fourth-order valence-electron chi connectivity index (χ4n) is 1.86. The molecule has 3 N–H and O–H groups in total. The molecule has 2 rings (SSSR count). The van der Waals surface area contributed by atoms with Crippen LogP contribution in [0.2, 0.25) is 0 Å². The van der Waals surface area contributed by atoms with Crippen molar-refractivity contribution in [2.24, 2.45) is 5.73 Å². The Morgan fingerprint density at radius 3 is 2.43 bits per heavy atom. The average Bonchev–Trinajstić information content (AvgIpc) is 2.53. The van der Waals surface area contributed by atoms with Gasteiger partial charge >= 0.3 is 0 Å². The van der Waals surface area contributed by atoms with Crippen LogP contribution in [0.5, 0.6) is 5.75 Å². The molecule has 0 fully saturated rings. The Labute approximate surface area is 142 Å². The van der Waals surface area contributed by atoms with Crippen molar-refractivity contribution >= 4 is 39.5 Å². The van der Waals surface area contributed by atoms with E-state index < -0.39 is 5.91 Å². The number of primary amides is 1. The number of rotatable bonds is 5. The minimum atomic E-state index is -0.507. The van der Waals surface area contributed by atoms with E-state index in [2.05, 4.69) is 21.2 Å². The van der Waals surface area contributed by atoms with Crippen molar-refractivity contribution in [3.05, 3.63) is 64.1 Å². The minimum absolute atomic E-state index is 0.274. The number of amides is 2. The van der Waals surface area contributed by atoms with Crippen LogP contribution in [0, 0.1) is 0 Å². The molecule has 0 saturated heterocycles. The number of anilines is 1. The molecule has 23 heavy (non-hydrogen) atoms. The summed E-state index contributed by atoms with van der Waals surface area (Å²) < 4.78 is 5.96. The molecule has 6 heteroatoms. The van der Waals surface area contributed by atoms with Gasteiger partial charge in [-0.3, -0.25) is 9.59 Å². The lowest BCUT2D eigenvalue weighted by molar-refractivity contribution is -0.111. The zero-order valence-corrected chi connectivity index (χ0v) is 14.0. The SMILES string of the molecule is COc1ccc(/C=C/C(=O)Nc2ccc(C(N)=O)cc2)cc1Br. The van der Waals surface area contributed by atoms with Gasteiger partial charge in [0.25, 0.3) is 0 Å². The Balaban J connectivity index is 2.01. The first-order chi connectivity index (χ1) is 11.0. The van der Waals surface area contributed by atoms with E-state index in [1.54, 1.807) is 37.5 Å². The van der Waals surface area contributed by atoms with E-state index in [0.717, 1.165) is 15.8 Å². The normalized spacial score (nSPS) is 10.5. The summed E-state index contributed by atoms with van der Waals surface area (Å²) in [6.45, 7) is 0. The predicted molar refractivity (Wildman–Crippen MR) is 93.3 cm³/mol. The van der Waals surface area contributed by atoms with Crippen LogP contribution in [-0.2, 0) is 4.79 Å². The largest absolute Gasteiger partial charge is 0.496 e. The summed E-state index contributed by atoms with van der Waals surface area (Å²) >= 11 is 3.39. The number of nitrogens with two attached hydrogens (primary N) is 1. The van der Waals surface area contributed by atoms with Gasteiger partial charge in [-0.05, 0) is 64.0 Å². The molecule has 0 aromatic heterocycles. The second-order valence-electron chi connectivity index (χ2n) is 4.66. The van der Waals surface area contributed by atoms with E-state index in [-0.39, 0.29) is 5.91 Å². The molecule has 0 spiro atoms. The molecule has 5 nitrogen and oxygen atoms in total. The fourth-order valence-corrected chi connectivity index (χ4v) is 2.42. The second kappa shape index (κ2) is 7.60. The Morgan fingerprint density at radius 1 is 1.17 bits per heavy atom. The van der Waals surface area contributed by atoms with Crippen LogP contribution in [0.1, 0.15) is 15.9 Å². The minimum Gasteiger partial charge on any atom is -0.496 e. The summed E-state index contributed by atoms with van der Waals surface area (Å²) in [5.41, 5.74) is 6.99. The highest BCUT2D eigenvalue weighted by atomic mass is 79.9. The Hall–Kier alpha value is -2.60. The monoisotopic (exact) mass is 374 g/mol. The van der Waals surface area contributed by atoms with Gasteiger partial charge in [-0.1, -0.05) is 6.07 Å². The third-order valence-electron chi connectivity index (χ3n) is 3.04. The number of hydrogen-bond donors (Lipinski definition) is 2. The standard InChI is InChI=1S/C17H15BrN2O3/c1-23-15-8-2-11(10-14(15)18)3-9-16(21)20-13-6-4-12(5-7-13)17(19)22/h2-10H,1H3,(H2,19,22)(H,20,21)/b9-3+. The van der Waals surface area contributed by atoms with Crippen LogP contribution in [0.3, 0.4) is 0 Å². The van der Waals surface area contributed by atoms with E-state index >= 15 is 0 Å². The summed E-state index contributed by atoms with van der Waals surface area (Å²) in [4.78, 5) is 22.9. The molecule has 2 aromatic rings. The molecule has 0 radical (unpaired) electrons. The van der Waals surface area contributed by atoms with Crippen molar-refractivity contribution < 1.29 is 14.3 Å². The van der Waals surface area contributed by atoms with E-state index in [1.807, 2.05) is 18.2 Å². The maximum atomic E-state index is 11.9. The molecule has 2 amide bonds. The number of benzene rings is 2. The number of halogens is 1. The average molecular weight is 375 g/mol. The molecule has 0 aliphatic heterocycles. The molecule has 0 aliphatic carbocycles. The zero-order chi connectivity index (χ0) is 16.8. The first kappa shape index (κ1) is 16.8. The van der Waals surface area contributed by atoms with Crippen LogP contribution in [-0.4, -0.2) is 18.9 Å². The molecule has 0 heterocycles. The highest BCUT2D eigenvalue weighted by Crippen LogP contribution is 2.25. The molecular weight excluding hydrogens is 360 g/mol. The van der Waals surface area contributed by atoms with Crippen molar-refractivity contribution in [3.8, 4) is 5.75 Å². The first-order valence-corrected chi connectivity index (χ1v) is 7.51. The Kier molecular flexibility index (Phi) is 5.54. The number of hydrogen-bond acceptors (Lipinski definition) is 3. The van der Waals surface area contributed by atoms with Gasteiger partial charge in [-0.15, -0.1) is 0 Å². The number of nitrogens with one attached hydrogen (secondary N) is 1. The van der Waals surface area contributed by atoms with Crippen LogP contribution in [0.4, 0.5) is 5.69 Å². The van der Waals surface area contributed by atoms with E-state index in [1.165, 1.54) is 6.08 Å². The second-order valence-corrected chi connectivity index (χ2v) is 5.51. The third-order valence-corrected chi connectivity index (χ3v) is 3.66. The van der Waals surface area contributed by atoms with Crippen molar-refractivity contribution in [1.29, 1.82) is 0 Å². The summed E-state index contributed by atoms with van der Waals surface area (Å²) in [6.07, 6.45) is 3.12. The van der Waals surface area contributed by atoms with Gasteiger partial charge in [-0.25, -0.2) is 0 Å². The summed E-state index contributed by atoms with van der Waals surface area (Å²) in [7, 11) is 1.59. The van der Waals surface area contributed by atoms with Crippen LogP contribution < -0.4 is 15.8 Å². The number of methoxy groups -OCH3 is 1. The smallest absolute Gasteiger partial charge is 0.248 e. The lowest BCUT2D eigenvalue weighted by atomic mass is 10.2. The quantitative estimate of drug-likeness (QED) is 0.788. The number of carbonyl (C=O) groups excluding carboxylic acids is 2. The topological polar surface area (TPSA) is 81.4 Å². The van der Waals surface area contributed by atoms with Gasteiger partial charge < -0.3 is 15.8 Å².